The second-order valence-electron chi connectivity index (χ2n) is 10.1. The molecule has 42 heavy (non-hydrogen) atoms. The highest BCUT2D eigenvalue weighted by atomic mass is 16.7. The van der Waals surface area contributed by atoms with Crippen LogP contribution < -0.4 is 10.6 Å². The van der Waals surface area contributed by atoms with Crippen LogP contribution in [0.15, 0.2) is 18.2 Å². The average molecular weight is 603 g/mol. The van der Waals surface area contributed by atoms with Crippen LogP contribution in [0.25, 0.3) is 0 Å². The first-order valence-corrected chi connectivity index (χ1v) is 13.1. The summed E-state index contributed by atoms with van der Waals surface area (Å²) in [6, 6.07) is 1.52. The summed E-state index contributed by atoms with van der Waals surface area (Å²) in [5, 5.41) is 66.4. The van der Waals surface area contributed by atoms with E-state index in [0.717, 1.165) is 14.2 Å². The maximum atomic E-state index is 13.4. The van der Waals surface area contributed by atoms with Gasteiger partial charge in [0, 0.05) is 20.5 Å². The lowest BCUT2D eigenvalue weighted by Crippen LogP contribution is -2.68. The quantitative estimate of drug-likeness (QED) is 0.0971. The third-order valence-corrected chi connectivity index (χ3v) is 7.16. The SMILES string of the molecule is COC(=O)C(Cc1ccc(O)c(O)c1)NC(=O)C1O[C@@H](O[C@@H]2C(NC(C)=O)[C@H](C)OC(CO)[C@H]2O)C(O)[C@@H](O)[C@@H]1OC. The smallest absolute Gasteiger partial charge is 0.328 e. The summed E-state index contributed by atoms with van der Waals surface area (Å²) in [6.07, 6.45) is -13.3. The molecule has 0 aliphatic carbocycles. The van der Waals surface area contributed by atoms with Crippen molar-refractivity contribution in [2.24, 2.45) is 0 Å². The Morgan fingerprint density at radius 2 is 1.69 bits per heavy atom. The van der Waals surface area contributed by atoms with Gasteiger partial charge in [0.1, 0.15) is 42.7 Å². The minimum absolute atomic E-state index is 0.172. The summed E-state index contributed by atoms with van der Waals surface area (Å²) < 4.78 is 27.1. The number of aliphatic hydroxyl groups is 4. The minimum atomic E-state index is -1.80. The van der Waals surface area contributed by atoms with Gasteiger partial charge in [0.25, 0.3) is 5.91 Å². The highest BCUT2D eigenvalue weighted by Crippen LogP contribution is 2.30. The number of phenols is 2. The Labute approximate surface area is 241 Å². The van der Waals surface area contributed by atoms with Crippen molar-refractivity contribution in [1.29, 1.82) is 0 Å². The normalized spacial score (nSPS) is 33.8. The predicted octanol–water partition coefficient (Wildman–Crippen LogP) is -3.21. The van der Waals surface area contributed by atoms with Crippen molar-refractivity contribution in [3.63, 3.8) is 0 Å². The maximum absolute atomic E-state index is 13.4. The fraction of sp³-hybridized carbons (Fsp3) is 0.654. The molecule has 5 unspecified atom stereocenters. The minimum Gasteiger partial charge on any atom is -0.504 e. The fourth-order valence-corrected chi connectivity index (χ4v) is 4.98. The number of carbonyl (C=O) groups is 3. The number of benzene rings is 1. The van der Waals surface area contributed by atoms with Crippen molar-refractivity contribution in [3.05, 3.63) is 23.8 Å². The number of esters is 1. The van der Waals surface area contributed by atoms with E-state index in [1.807, 2.05) is 0 Å². The van der Waals surface area contributed by atoms with E-state index in [2.05, 4.69) is 10.6 Å². The molecule has 0 aromatic heterocycles. The van der Waals surface area contributed by atoms with E-state index in [4.69, 9.17) is 23.7 Å². The van der Waals surface area contributed by atoms with E-state index in [-0.39, 0.29) is 12.2 Å². The molecule has 2 aliphatic heterocycles. The summed E-state index contributed by atoms with van der Waals surface area (Å²) >= 11 is 0. The first kappa shape index (κ1) is 33.4. The van der Waals surface area contributed by atoms with Crippen LogP contribution in [0, 0.1) is 0 Å². The van der Waals surface area contributed by atoms with E-state index in [1.54, 1.807) is 6.92 Å². The highest BCUT2D eigenvalue weighted by molar-refractivity contribution is 5.87. The van der Waals surface area contributed by atoms with Crippen LogP contribution in [-0.4, -0.2) is 136 Å². The first-order valence-electron chi connectivity index (χ1n) is 13.1. The Morgan fingerprint density at radius 3 is 2.26 bits per heavy atom. The molecule has 0 saturated carbocycles. The van der Waals surface area contributed by atoms with Gasteiger partial charge in [-0.3, -0.25) is 9.59 Å². The molecule has 236 valence electrons. The molecule has 8 N–H and O–H groups in total. The topological polar surface area (TPSA) is 243 Å². The van der Waals surface area contributed by atoms with Crippen molar-refractivity contribution < 1.29 is 68.7 Å². The Kier molecular flexibility index (Phi) is 11.4. The van der Waals surface area contributed by atoms with Gasteiger partial charge < -0.3 is 65.0 Å². The van der Waals surface area contributed by atoms with Gasteiger partial charge in [-0.25, -0.2) is 4.79 Å². The molecule has 0 radical (unpaired) electrons. The number of ether oxygens (including phenoxy) is 5. The van der Waals surface area contributed by atoms with Crippen molar-refractivity contribution >= 4 is 17.8 Å². The number of methoxy groups -OCH3 is 2. The van der Waals surface area contributed by atoms with Crippen molar-refractivity contribution in [2.75, 3.05) is 20.8 Å². The first-order chi connectivity index (χ1) is 19.8. The lowest BCUT2D eigenvalue weighted by atomic mass is 9.92. The van der Waals surface area contributed by atoms with Crippen LogP contribution >= 0.6 is 0 Å². The van der Waals surface area contributed by atoms with Gasteiger partial charge in [0.15, 0.2) is 23.9 Å². The summed E-state index contributed by atoms with van der Waals surface area (Å²) in [5.74, 6) is -3.14. The lowest BCUT2D eigenvalue weighted by molar-refractivity contribution is -0.325. The van der Waals surface area contributed by atoms with Gasteiger partial charge in [0.05, 0.1) is 25.9 Å². The number of hydrogen-bond acceptors (Lipinski definition) is 14. The van der Waals surface area contributed by atoms with Crippen molar-refractivity contribution in [2.45, 2.75) is 87.5 Å². The number of hydrogen-bond donors (Lipinski definition) is 8. The van der Waals surface area contributed by atoms with Gasteiger partial charge in [-0.05, 0) is 24.6 Å². The number of nitrogens with one attached hydrogen (secondary N) is 2. The fourth-order valence-electron chi connectivity index (χ4n) is 4.98. The largest absolute Gasteiger partial charge is 0.504 e. The van der Waals surface area contributed by atoms with Crippen LogP contribution in [-0.2, 0) is 44.5 Å². The van der Waals surface area contributed by atoms with E-state index < -0.39 is 97.3 Å². The molecule has 2 amide bonds. The maximum Gasteiger partial charge on any atom is 0.328 e. The molecule has 2 heterocycles. The van der Waals surface area contributed by atoms with E-state index in [1.165, 1.54) is 25.1 Å². The third kappa shape index (κ3) is 7.45. The molecule has 16 nitrogen and oxygen atoms in total. The zero-order chi connectivity index (χ0) is 31.3. The summed E-state index contributed by atoms with van der Waals surface area (Å²) in [7, 11) is 2.26. The van der Waals surface area contributed by atoms with Gasteiger partial charge in [0.2, 0.25) is 5.91 Å². The monoisotopic (exact) mass is 602 g/mol. The number of aliphatic hydroxyl groups excluding tert-OH is 4. The molecule has 0 spiro atoms. The number of aromatic hydroxyl groups is 2. The molecule has 2 aliphatic rings. The molecule has 1 aromatic carbocycles. The third-order valence-electron chi connectivity index (χ3n) is 7.16. The Hall–Kier alpha value is -3.09. The molecular weight excluding hydrogens is 564 g/mol. The molecule has 2 saturated heterocycles. The zero-order valence-electron chi connectivity index (χ0n) is 23.4. The number of carbonyl (C=O) groups excluding carboxylic acids is 3. The summed E-state index contributed by atoms with van der Waals surface area (Å²) in [6.45, 7) is 2.20. The van der Waals surface area contributed by atoms with Gasteiger partial charge in [-0.15, -0.1) is 0 Å². The van der Waals surface area contributed by atoms with E-state index in [9.17, 15) is 45.0 Å². The van der Waals surface area contributed by atoms with Crippen LogP contribution in [0.2, 0.25) is 0 Å². The lowest BCUT2D eigenvalue weighted by Gasteiger charge is -2.47. The second-order valence-corrected chi connectivity index (χ2v) is 10.1. The molecular formula is C26H38N2O14. The second kappa shape index (κ2) is 14.4. The van der Waals surface area contributed by atoms with E-state index in [0.29, 0.717) is 5.56 Å². The van der Waals surface area contributed by atoms with Crippen LogP contribution in [0.3, 0.4) is 0 Å². The number of phenolic OH excluding ortho intramolecular Hbond substituents is 2. The number of amides is 2. The van der Waals surface area contributed by atoms with Gasteiger partial charge in [-0.1, -0.05) is 6.07 Å². The molecule has 11 atom stereocenters. The molecule has 1 aromatic rings. The van der Waals surface area contributed by atoms with Gasteiger partial charge in [-0.2, -0.15) is 0 Å². The summed E-state index contributed by atoms with van der Waals surface area (Å²) in [4.78, 5) is 37.7. The number of rotatable bonds is 10. The van der Waals surface area contributed by atoms with Crippen molar-refractivity contribution in [1.82, 2.24) is 10.6 Å². The predicted molar refractivity (Wildman–Crippen MR) is 139 cm³/mol. The van der Waals surface area contributed by atoms with Gasteiger partial charge >= 0.3 is 5.97 Å². The molecule has 0 bridgehead atoms. The average Bonchev–Trinajstić information content (AvgIpc) is 2.95. The molecule has 2 fully saturated rings. The highest BCUT2D eigenvalue weighted by Gasteiger charge is 2.52. The van der Waals surface area contributed by atoms with Crippen LogP contribution in [0.1, 0.15) is 19.4 Å². The standard InChI is InChI=1S/C26H38N2O14/c1-10-17(27-11(2)30)21(18(33)16(9-29)40-10)41-26-20(35)19(34)22(38-3)23(42-26)24(36)28-13(25(37)39-4)7-12-5-6-14(31)15(32)8-12/h5-6,8,10,13,16-23,26,29,31-35H,7,9H2,1-4H3,(H,27,30)(H,28,36)/t10-,13?,16?,17?,18+,19+,20?,21+,22-,23?,26+/m0/s1. The molecule has 3 rings (SSSR count). The van der Waals surface area contributed by atoms with Crippen molar-refractivity contribution in [3.8, 4) is 11.5 Å². The Balaban J connectivity index is 1.85. The Bertz CT molecular complexity index is 1100. The zero-order valence-corrected chi connectivity index (χ0v) is 23.4. The van der Waals surface area contributed by atoms with Crippen LogP contribution in [0.4, 0.5) is 0 Å². The summed E-state index contributed by atoms with van der Waals surface area (Å²) in [5.41, 5.74) is 0.357. The van der Waals surface area contributed by atoms with E-state index >= 15 is 0 Å². The molecule has 16 heteroatoms. The van der Waals surface area contributed by atoms with Crippen LogP contribution in [0.5, 0.6) is 11.5 Å². The Morgan fingerprint density at radius 1 is 1.00 bits per heavy atom.